The number of nitrogens with zero attached hydrogens (tertiary/aromatic N) is 1. The molecule has 0 aliphatic carbocycles. The summed E-state index contributed by atoms with van der Waals surface area (Å²) in [6.07, 6.45) is 0.748. The molecule has 7 nitrogen and oxygen atoms in total. The predicted octanol–water partition coefficient (Wildman–Crippen LogP) is -0.925. The standard InChI is InChI=1S/C4H5NO2.HNO3/c6-3-1-2-4(7)5-3;2-1(3)4/h1-2H2,(H,5,6,7);(H,2,3,4). The summed E-state index contributed by atoms with van der Waals surface area (Å²) in [6.45, 7) is 0. The van der Waals surface area contributed by atoms with Crippen molar-refractivity contribution in [2.45, 2.75) is 12.8 Å². The Morgan fingerprint density at radius 2 is 1.64 bits per heavy atom. The zero-order valence-corrected chi connectivity index (χ0v) is 5.44. The Hall–Kier alpha value is -1.66. The molecule has 0 radical (unpaired) electrons. The van der Waals surface area contributed by atoms with Gasteiger partial charge in [-0.25, -0.2) is 0 Å². The Morgan fingerprint density at radius 3 is 1.73 bits per heavy atom. The molecule has 62 valence electrons. The highest BCUT2D eigenvalue weighted by Crippen LogP contribution is 1.95. The van der Waals surface area contributed by atoms with E-state index in [1.807, 2.05) is 0 Å². The van der Waals surface area contributed by atoms with E-state index >= 15 is 0 Å². The van der Waals surface area contributed by atoms with Crippen molar-refractivity contribution in [3.8, 4) is 0 Å². The van der Waals surface area contributed by atoms with E-state index in [1.165, 1.54) is 0 Å². The number of imide groups is 1. The van der Waals surface area contributed by atoms with Crippen LogP contribution in [0.1, 0.15) is 12.8 Å². The third-order valence-electron chi connectivity index (χ3n) is 0.858. The smallest absolute Gasteiger partial charge is 0.291 e. The fourth-order valence-corrected chi connectivity index (χ4v) is 0.508. The number of carbonyl (C=O) groups excluding carboxylic acids is 2. The molecule has 0 bridgehead atoms. The van der Waals surface area contributed by atoms with E-state index in [0.29, 0.717) is 12.8 Å². The van der Waals surface area contributed by atoms with Gasteiger partial charge in [-0.2, -0.15) is 0 Å². The van der Waals surface area contributed by atoms with Crippen molar-refractivity contribution in [1.29, 1.82) is 0 Å². The van der Waals surface area contributed by atoms with E-state index in [-0.39, 0.29) is 11.8 Å². The lowest BCUT2D eigenvalue weighted by Gasteiger charge is -1.79. The molecule has 0 aromatic heterocycles. The zero-order valence-electron chi connectivity index (χ0n) is 5.44. The second kappa shape index (κ2) is 4.20. The molecule has 0 aromatic carbocycles. The molecule has 0 unspecified atom stereocenters. The summed E-state index contributed by atoms with van der Waals surface area (Å²) in [5.74, 6) is -0.296. The number of rotatable bonds is 0. The van der Waals surface area contributed by atoms with Crippen molar-refractivity contribution < 1.29 is 19.9 Å². The van der Waals surface area contributed by atoms with Crippen molar-refractivity contribution in [3.05, 3.63) is 10.1 Å². The van der Waals surface area contributed by atoms with E-state index < -0.39 is 5.09 Å². The average Bonchev–Trinajstić information content (AvgIpc) is 2.13. The molecule has 0 aromatic rings. The maximum absolute atomic E-state index is 10.1. The SMILES string of the molecule is O=C1CCC(=O)N1.O=[N+]([O-])O. The van der Waals surface area contributed by atoms with Gasteiger partial charge in [-0.3, -0.25) is 14.9 Å². The molecule has 11 heavy (non-hydrogen) atoms. The first-order valence-electron chi connectivity index (χ1n) is 2.68. The van der Waals surface area contributed by atoms with Crippen LogP contribution < -0.4 is 5.32 Å². The molecule has 0 atom stereocenters. The van der Waals surface area contributed by atoms with Gasteiger partial charge in [-0.15, -0.1) is 10.1 Å². The normalized spacial score (nSPS) is 14.9. The van der Waals surface area contributed by atoms with Gasteiger partial charge in [0.1, 0.15) is 0 Å². The van der Waals surface area contributed by atoms with Crippen molar-refractivity contribution in [2.75, 3.05) is 0 Å². The van der Waals surface area contributed by atoms with Crippen LogP contribution in [-0.4, -0.2) is 22.1 Å². The Balaban J connectivity index is 0.000000218. The van der Waals surface area contributed by atoms with Crippen LogP contribution in [0.4, 0.5) is 0 Å². The van der Waals surface area contributed by atoms with Gasteiger partial charge in [0.15, 0.2) is 0 Å². The van der Waals surface area contributed by atoms with E-state index in [9.17, 15) is 9.59 Å². The highest BCUT2D eigenvalue weighted by Gasteiger charge is 2.15. The summed E-state index contributed by atoms with van der Waals surface area (Å²) in [5.41, 5.74) is 0. The minimum absolute atomic E-state index is 0.148. The van der Waals surface area contributed by atoms with Crippen molar-refractivity contribution in [3.63, 3.8) is 0 Å². The first-order chi connectivity index (χ1) is 5.02. The van der Waals surface area contributed by atoms with Gasteiger partial charge in [0.05, 0.1) is 0 Å². The third-order valence-corrected chi connectivity index (χ3v) is 0.858. The lowest BCUT2D eigenvalue weighted by Crippen LogP contribution is -2.18. The second-order valence-corrected chi connectivity index (χ2v) is 1.71. The molecule has 0 spiro atoms. The number of nitrogens with one attached hydrogen (secondary N) is 1. The number of hydrogen-bond donors (Lipinski definition) is 2. The Labute approximate surface area is 61.1 Å². The van der Waals surface area contributed by atoms with Gasteiger partial charge in [0.25, 0.3) is 5.09 Å². The average molecular weight is 162 g/mol. The molecule has 1 rings (SSSR count). The molecule has 2 amide bonds. The summed E-state index contributed by atoms with van der Waals surface area (Å²) in [4.78, 5) is 28.6. The Morgan fingerprint density at radius 1 is 1.36 bits per heavy atom. The minimum atomic E-state index is -1.50. The Bertz CT molecular complexity index is 171. The van der Waals surface area contributed by atoms with Gasteiger partial charge in [0.2, 0.25) is 11.8 Å². The van der Waals surface area contributed by atoms with Gasteiger partial charge >= 0.3 is 0 Å². The fourth-order valence-electron chi connectivity index (χ4n) is 0.508. The monoisotopic (exact) mass is 162 g/mol. The summed E-state index contributed by atoms with van der Waals surface area (Å²) in [5, 5.41) is 15.8. The summed E-state index contributed by atoms with van der Waals surface area (Å²) in [6, 6.07) is 0. The van der Waals surface area contributed by atoms with E-state index in [2.05, 4.69) is 5.32 Å². The summed E-state index contributed by atoms with van der Waals surface area (Å²) in [7, 11) is 0. The Kier molecular flexibility index (Phi) is 3.57. The van der Waals surface area contributed by atoms with Crippen LogP contribution in [0.15, 0.2) is 0 Å². The summed E-state index contributed by atoms with van der Waals surface area (Å²) >= 11 is 0. The highest BCUT2D eigenvalue weighted by atomic mass is 16.9. The molecule has 1 aliphatic heterocycles. The van der Waals surface area contributed by atoms with E-state index in [1.54, 1.807) is 0 Å². The molecule has 1 aliphatic rings. The largest absolute Gasteiger partial charge is 0.328 e. The molecule has 2 N–H and O–H groups in total. The van der Waals surface area contributed by atoms with Crippen LogP contribution in [0.3, 0.4) is 0 Å². The van der Waals surface area contributed by atoms with Crippen molar-refractivity contribution in [1.82, 2.24) is 5.32 Å². The molecular weight excluding hydrogens is 156 g/mol. The van der Waals surface area contributed by atoms with Crippen LogP contribution in [0.2, 0.25) is 0 Å². The molecular formula is C4H6N2O5. The van der Waals surface area contributed by atoms with Crippen molar-refractivity contribution in [2.24, 2.45) is 0 Å². The maximum atomic E-state index is 10.1. The van der Waals surface area contributed by atoms with Crippen LogP contribution in [0, 0.1) is 10.1 Å². The highest BCUT2D eigenvalue weighted by molar-refractivity contribution is 6.01. The fraction of sp³-hybridized carbons (Fsp3) is 0.500. The van der Waals surface area contributed by atoms with Crippen molar-refractivity contribution >= 4 is 11.8 Å². The second-order valence-electron chi connectivity index (χ2n) is 1.71. The van der Waals surface area contributed by atoms with Crippen LogP contribution in [-0.2, 0) is 9.59 Å². The quantitative estimate of drug-likeness (QED) is 0.272. The first kappa shape index (κ1) is 9.34. The number of amides is 2. The van der Waals surface area contributed by atoms with Crippen LogP contribution in [0.25, 0.3) is 0 Å². The van der Waals surface area contributed by atoms with Gasteiger partial charge in [0, 0.05) is 12.8 Å². The zero-order chi connectivity index (χ0) is 8.85. The lowest BCUT2D eigenvalue weighted by atomic mass is 10.4. The topological polar surface area (TPSA) is 110 Å². The van der Waals surface area contributed by atoms with Gasteiger partial charge < -0.3 is 5.21 Å². The minimum Gasteiger partial charge on any atom is -0.328 e. The third kappa shape index (κ3) is 6.22. The maximum Gasteiger partial charge on any atom is 0.291 e. The first-order valence-corrected chi connectivity index (χ1v) is 2.68. The lowest BCUT2D eigenvalue weighted by molar-refractivity contribution is -0.742. The molecule has 0 saturated carbocycles. The molecule has 1 heterocycles. The van der Waals surface area contributed by atoms with Crippen LogP contribution in [0.5, 0.6) is 0 Å². The van der Waals surface area contributed by atoms with E-state index in [0.717, 1.165) is 0 Å². The molecule has 1 saturated heterocycles. The van der Waals surface area contributed by atoms with E-state index in [4.69, 9.17) is 15.3 Å². The molecule has 7 heteroatoms. The molecule has 1 fully saturated rings. The summed E-state index contributed by atoms with van der Waals surface area (Å²) < 4.78 is 0. The number of hydrogen-bond acceptors (Lipinski definition) is 4. The predicted molar refractivity (Wildman–Crippen MR) is 31.2 cm³/mol. The van der Waals surface area contributed by atoms with Gasteiger partial charge in [-0.1, -0.05) is 0 Å². The van der Waals surface area contributed by atoms with Gasteiger partial charge in [-0.05, 0) is 0 Å². The number of carbonyl (C=O) groups is 2. The van der Waals surface area contributed by atoms with Crippen LogP contribution >= 0.6 is 0 Å².